The summed E-state index contributed by atoms with van der Waals surface area (Å²) in [4.78, 5) is 13.7. The molecule has 3 rings (SSSR count). The number of fused-ring (bicyclic) bond motifs is 1. The van der Waals surface area contributed by atoms with Crippen LogP contribution in [-0.4, -0.2) is 42.9 Å². The Morgan fingerprint density at radius 3 is 2.56 bits per heavy atom. The van der Waals surface area contributed by atoms with Gasteiger partial charge in [-0.2, -0.15) is 4.31 Å². The SMILES string of the molecule is CC(=O)N1c2ccc(S(=O)(=O)N(CCO)Cc3ccccc3)cc2CC1C. The van der Waals surface area contributed by atoms with Crippen LogP contribution < -0.4 is 4.90 Å². The Morgan fingerprint density at radius 1 is 1.22 bits per heavy atom. The van der Waals surface area contributed by atoms with E-state index in [9.17, 15) is 18.3 Å². The van der Waals surface area contributed by atoms with E-state index in [4.69, 9.17) is 0 Å². The van der Waals surface area contributed by atoms with Crippen molar-refractivity contribution >= 4 is 21.6 Å². The molecular formula is C20H24N2O4S. The fourth-order valence-electron chi connectivity index (χ4n) is 3.58. The average Bonchev–Trinajstić information content (AvgIpc) is 2.97. The molecule has 0 aliphatic carbocycles. The Balaban J connectivity index is 1.94. The number of hydrogen-bond acceptors (Lipinski definition) is 4. The van der Waals surface area contributed by atoms with Gasteiger partial charge in [0.2, 0.25) is 15.9 Å². The molecule has 1 unspecified atom stereocenters. The van der Waals surface area contributed by atoms with Gasteiger partial charge in [-0.3, -0.25) is 4.79 Å². The molecule has 2 aromatic rings. The highest BCUT2D eigenvalue weighted by atomic mass is 32.2. The molecule has 0 saturated heterocycles. The van der Waals surface area contributed by atoms with Gasteiger partial charge >= 0.3 is 0 Å². The second-order valence-electron chi connectivity index (χ2n) is 6.78. The maximum atomic E-state index is 13.2. The molecule has 6 nitrogen and oxygen atoms in total. The number of rotatable bonds is 6. The van der Waals surface area contributed by atoms with E-state index in [0.29, 0.717) is 6.42 Å². The first-order chi connectivity index (χ1) is 12.8. The van der Waals surface area contributed by atoms with Crippen molar-refractivity contribution < 1.29 is 18.3 Å². The lowest BCUT2D eigenvalue weighted by Gasteiger charge is -2.23. The van der Waals surface area contributed by atoms with E-state index in [1.54, 1.807) is 17.0 Å². The summed E-state index contributed by atoms with van der Waals surface area (Å²) in [6, 6.07) is 14.2. The zero-order valence-corrected chi connectivity index (χ0v) is 16.3. The number of aliphatic hydroxyl groups is 1. The number of nitrogens with zero attached hydrogens (tertiary/aromatic N) is 2. The van der Waals surface area contributed by atoms with Gasteiger partial charge in [-0.25, -0.2) is 8.42 Å². The van der Waals surface area contributed by atoms with Gasteiger partial charge in [0.25, 0.3) is 0 Å². The third-order valence-electron chi connectivity index (χ3n) is 4.79. The molecule has 2 aromatic carbocycles. The summed E-state index contributed by atoms with van der Waals surface area (Å²) in [5, 5.41) is 9.36. The molecule has 7 heteroatoms. The molecule has 0 aromatic heterocycles. The Bertz CT molecular complexity index is 928. The minimum absolute atomic E-state index is 0.00770. The van der Waals surface area contributed by atoms with Crippen molar-refractivity contribution in [2.75, 3.05) is 18.1 Å². The second kappa shape index (κ2) is 7.80. The van der Waals surface area contributed by atoms with E-state index in [2.05, 4.69) is 0 Å². The van der Waals surface area contributed by atoms with Crippen LogP contribution in [0, 0.1) is 0 Å². The van der Waals surface area contributed by atoms with E-state index in [0.717, 1.165) is 16.8 Å². The van der Waals surface area contributed by atoms with Crippen molar-refractivity contribution in [2.45, 2.75) is 37.8 Å². The number of hydrogen-bond donors (Lipinski definition) is 1. The number of aliphatic hydroxyl groups excluding tert-OH is 1. The predicted octanol–water partition coefficient (Wildman–Crippen LogP) is 2.17. The summed E-state index contributed by atoms with van der Waals surface area (Å²) in [5.74, 6) is -0.0529. The Hall–Kier alpha value is -2.22. The van der Waals surface area contributed by atoms with Crippen LogP contribution in [-0.2, 0) is 27.8 Å². The highest BCUT2D eigenvalue weighted by Crippen LogP contribution is 2.34. The fourth-order valence-corrected chi connectivity index (χ4v) is 5.05. The molecule has 0 radical (unpaired) electrons. The third-order valence-corrected chi connectivity index (χ3v) is 6.64. The van der Waals surface area contributed by atoms with Gasteiger partial charge in [0, 0.05) is 31.7 Å². The van der Waals surface area contributed by atoms with Crippen LogP contribution in [0.2, 0.25) is 0 Å². The standard InChI is InChI=1S/C20H24N2O4S/c1-15-12-18-13-19(8-9-20(18)22(15)16(2)24)27(25,26)21(10-11-23)14-17-6-4-3-5-7-17/h3-9,13,15,23H,10-12,14H2,1-2H3. The smallest absolute Gasteiger partial charge is 0.243 e. The van der Waals surface area contributed by atoms with Crippen LogP contribution in [0.4, 0.5) is 5.69 Å². The minimum Gasteiger partial charge on any atom is -0.395 e. The lowest BCUT2D eigenvalue weighted by molar-refractivity contribution is -0.116. The number of benzene rings is 2. The quantitative estimate of drug-likeness (QED) is 0.823. The van der Waals surface area contributed by atoms with Gasteiger partial charge in [0.1, 0.15) is 0 Å². The molecule has 0 saturated carbocycles. The number of carbonyl (C=O) groups excluding carboxylic acids is 1. The van der Waals surface area contributed by atoms with Gasteiger partial charge in [-0.05, 0) is 42.7 Å². The first-order valence-electron chi connectivity index (χ1n) is 8.92. The first kappa shape index (κ1) is 19.5. The number of sulfonamides is 1. The Kier molecular flexibility index (Phi) is 5.64. The van der Waals surface area contributed by atoms with E-state index >= 15 is 0 Å². The minimum atomic E-state index is -3.77. The van der Waals surface area contributed by atoms with Crippen LogP contribution in [0.25, 0.3) is 0 Å². The molecule has 27 heavy (non-hydrogen) atoms. The van der Waals surface area contributed by atoms with Crippen LogP contribution >= 0.6 is 0 Å². The van der Waals surface area contributed by atoms with Crippen LogP contribution in [0.3, 0.4) is 0 Å². The summed E-state index contributed by atoms with van der Waals surface area (Å²) in [5.41, 5.74) is 2.47. The molecule has 0 bridgehead atoms. The topological polar surface area (TPSA) is 77.9 Å². The molecule has 1 aliphatic rings. The Morgan fingerprint density at radius 2 is 1.93 bits per heavy atom. The molecule has 1 N–H and O–H groups in total. The fraction of sp³-hybridized carbons (Fsp3) is 0.350. The van der Waals surface area contributed by atoms with Gasteiger partial charge < -0.3 is 10.0 Å². The largest absolute Gasteiger partial charge is 0.395 e. The third kappa shape index (κ3) is 3.90. The molecule has 1 atom stereocenters. The number of anilines is 1. The monoisotopic (exact) mass is 388 g/mol. The van der Waals surface area contributed by atoms with Crippen LogP contribution in [0.15, 0.2) is 53.4 Å². The molecule has 1 aliphatic heterocycles. The average molecular weight is 388 g/mol. The highest BCUT2D eigenvalue weighted by molar-refractivity contribution is 7.89. The summed E-state index contributed by atoms with van der Waals surface area (Å²) in [7, 11) is -3.77. The zero-order chi connectivity index (χ0) is 19.6. The van der Waals surface area contributed by atoms with Crippen molar-refractivity contribution in [3.8, 4) is 0 Å². The first-order valence-corrected chi connectivity index (χ1v) is 10.4. The summed E-state index contributed by atoms with van der Waals surface area (Å²) < 4.78 is 27.6. The maximum Gasteiger partial charge on any atom is 0.243 e. The van der Waals surface area contributed by atoms with Gasteiger partial charge in [-0.15, -0.1) is 0 Å². The van der Waals surface area contributed by atoms with Crippen LogP contribution in [0.1, 0.15) is 25.0 Å². The maximum absolute atomic E-state index is 13.2. The molecule has 1 amide bonds. The predicted molar refractivity (Wildman–Crippen MR) is 104 cm³/mol. The summed E-state index contributed by atoms with van der Waals surface area (Å²) >= 11 is 0. The van der Waals surface area contributed by atoms with Crippen LogP contribution in [0.5, 0.6) is 0 Å². The molecule has 0 spiro atoms. The Labute approximate surface area is 160 Å². The number of carbonyl (C=O) groups is 1. The molecular weight excluding hydrogens is 364 g/mol. The van der Waals surface area contributed by atoms with Gasteiger partial charge in [0.05, 0.1) is 11.5 Å². The van der Waals surface area contributed by atoms with Crippen molar-refractivity contribution in [3.05, 3.63) is 59.7 Å². The zero-order valence-electron chi connectivity index (χ0n) is 15.5. The normalized spacial score (nSPS) is 16.6. The molecule has 144 valence electrons. The highest BCUT2D eigenvalue weighted by Gasteiger charge is 2.31. The second-order valence-corrected chi connectivity index (χ2v) is 8.72. The van der Waals surface area contributed by atoms with Crippen molar-refractivity contribution in [2.24, 2.45) is 0 Å². The molecule has 1 heterocycles. The van der Waals surface area contributed by atoms with E-state index in [1.807, 2.05) is 37.3 Å². The summed E-state index contributed by atoms with van der Waals surface area (Å²) in [6.07, 6.45) is 0.622. The van der Waals surface area contributed by atoms with Crippen molar-refractivity contribution in [1.82, 2.24) is 4.31 Å². The van der Waals surface area contributed by atoms with Gasteiger partial charge in [0.15, 0.2) is 0 Å². The van der Waals surface area contributed by atoms with Crippen molar-refractivity contribution in [3.63, 3.8) is 0 Å². The van der Waals surface area contributed by atoms with Gasteiger partial charge in [-0.1, -0.05) is 30.3 Å². The lowest BCUT2D eigenvalue weighted by Crippen LogP contribution is -2.33. The molecule has 0 fully saturated rings. The number of amides is 1. The van der Waals surface area contributed by atoms with E-state index < -0.39 is 10.0 Å². The summed E-state index contributed by atoms with van der Waals surface area (Å²) in [6.45, 7) is 3.41. The van der Waals surface area contributed by atoms with Crippen molar-refractivity contribution in [1.29, 1.82) is 0 Å². The lowest BCUT2D eigenvalue weighted by atomic mass is 10.1. The van der Waals surface area contributed by atoms with E-state index in [1.165, 1.54) is 17.3 Å². The van der Waals surface area contributed by atoms with E-state index in [-0.39, 0.29) is 36.5 Å².